The normalized spacial score (nSPS) is 12.5. The summed E-state index contributed by atoms with van der Waals surface area (Å²) in [6, 6.07) is 0. The molecule has 0 fully saturated rings. The maximum atomic E-state index is 12.1. The smallest absolute Gasteiger partial charge is 0.325 e. The topological polar surface area (TPSA) is 129 Å². The van der Waals surface area contributed by atoms with Crippen LogP contribution in [0.25, 0.3) is 0 Å². The molecule has 0 aliphatic carbocycles. The van der Waals surface area contributed by atoms with E-state index in [2.05, 4.69) is 13.8 Å². The van der Waals surface area contributed by atoms with Crippen LogP contribution in [-0.2, 0) is 19.7 Å². The predicted octanol–water partition coefficient (Wildman–Crippen LogP) is 4.14. The van der Waals surface area contributed by atoms with Gasteiger partial charge in [0.25, 0.3) is 10.1 Å². The first-order valence-corrected chi connectivity index (χ1v) is 12.1. The molecule has 2 radical (unpaired) electrons. The standard InChI is InChI=1S/C20H38O7S.2Na/c1-3-5-7-9-11-13-15-20(19(23)24,16-14-12-10-8-6-4-2)17(18(21)22)28(25,26)27;;/h17H,3-16H2,1-2H3,(H,21,22)(H,23,24)(H,25,26,27);;. The molecule has 1 atom stereocenters. The van der Waals surface area contributed by atoms with Gasteiger partial charge in [0.15, 0.2) is 5.25 Å². The second-order valence-electron chi connectivity index (χ2n) is 7.73. The molecule has 10 heteroatoms. The second kappa shape index (κ2) is 19.3. The van der Waals surface area contributed by atoms with Crippen molar-refractivity contribution in [3.8, 4) is 0 Å². The van der Waals surface area contributed by atoms with E-state index < -0.39 is 32.7 Å². The van der Waals surface area contributed by atoms with E-state index in [1.54, 1.807) is 0 Å². The third-order valence-electron chi connectivity index (χ3n) is 5.40. The van der Waals surface area contributed by atoms with Crippen molar-refractivity contribution in [1.29, 1.82) is 0 Å². The van der Waals surface area contributed by atoms with E-state index in [1.807, 2.05) is 0 Å². The molecule has 0 aromatic heterocycles. The largest absolute Gasteiger partial charge is 0.481 e. The van der Waals surface area contributed by atoms with E-state index >= 15 is 0 Å². The first-order valence-electron chi connectivity index (χ1n) is 10.6. The molecule has 0 saturated heterocycles. The number of hydrogen-bond donors (Lipinski definition) is 3. The SMILES string of the molecule is CCCCCCCCC(CCCCCCCC)(C(=O)O)C(C(=O)O)S(=O)(=O)O.[Na].[Na]. The van der Waals surface area contributed by atoms with Crippen molar-refractivity contribution in [2.24, 2.45) is 5.41 Å². The molecule has 7 nitrogen and oxygen atoms in total. The zero-order valence-electron chi connectivity index (χ0n) is 19.4. The number of aliphatic carboxylic acids is 2. The van der Waals surface area contributed by atoms with E-state index in [-0.39, 0.29) is 72.0 Å². The summed E-state index contributed by atoms with van der Waals surface area (Å²) in [5.74, 6) is -3.26. The van der Waals surface area contributed by atoms with Crippen molar-refractivity contribution < 1.29 is 32.8 Å². The van der Waals surface area contributed by atoms with E-state index in [1.165, 1.54) is 0 Å². The molecular formula is C20H38Na2O7S. The molecule has 0 aromatic rings. The fraction of sp³-hybridized carbons (Fsp3) is 0.900. The minimum Gasteiger partial charge on any atom is -0.481 e. The summed E-state index contributed by atoms with van der Waals surface area (Å²) >= 11 is 0. The van der Waals surface area contributed by atoms with Crippen LogP contribution in [0, 0.1) is 5.41 Å². The van der Waals surface area contributed by atoms with Crippen molar-refractivity contribution in [2.45, 2.75) is 109 Å². The van der Waals surface area contributed by atoms with Gasteiger partial charge in [0.2, 0.25) is 0 Å². The van der Waals surface area contributed by atoms with Crippen LogP contribution in [0.2, 0.25) is 0 Å². The average Bonchev–Trinajstić information content (AvgIpc) is 2.58. The van der Waals surface area contributed by atoms with Gasteiger partial charge in [-0.25, -0.2) is 0 Å². The molecule has 168 valence electrons. The average molecular weight is 469 g/mol. The van der Waals surface area contributed by atoms with Crippen LogP contribution in [0.1, 0.15) is 104 Å². The molecule has 0 aliphatic heterocycles. The second-order valence-corrected chi connectivity index (χ2v) is 9.23. The van der Waals surface area contributed by atoms with E-state index in [9.17, 15) is 32.8 Å². The van der Waals surface area contributed by atoms with Crippen molar-refractivity contribution >= 4 is 81.2 Å². The van der Waals surface area contributed by atoms with E-state index in [0.29, 0.717) is 25.7 Å². The molecule has 0 spiro atoms. The van der Waals surface area contributed by atoms with Crippen LogP contribution >= 0.6 is 0 Å². The predicted molar refractivity (Wildman–Crippen MR) is 121 cm³/mol. The number of hydrogen-bond acceptors (Lipinski definition) is 4. The Morgan fingerprint density at radius 1 is 0.733 bits per heavy atom. The van der Waals surface area contributed by atoms with Crippen LogP contribution in [0.3, 0.4) is 0 Å². The molecule has 0 aliphatic rings. The third-order valence-corrected chi connectivity index (χ3v) is 6.65. The van der Waals surface area contributed by atoms with Gasteiger partial charge in [-0.2, -0.15) is 8.42 Å². The van der Waals surface area contributed by atoms with Crippen LogP contribution in [0.5, 0.6) is 0 Å². The van der Waals surface area contributed by atoms with Crippen LogP contribution in [0.15, 0.2) is 0 Å². The fourth-order valence-corrected chi connectivity index (χ4v) is 4.97. The Hall–Kier alpha value is 0.850. The molecule has 0 heterocycles. The van der Waals surface area contributed by atoms with Crippen LogP contribution in [0.4, 0.5) is 0 Å². The van der Waals surface area contributed by atoms with Crippen LogP contribution < -0.4 is 0 Å². The molecule has 0 aromatic carbocycles. The van der Waals surface area contributed by atoms with E-state index in [4.69, 9.17) is 0 Å². The van der Waals surface area contributed by atoms with Gasteiger partial charge in [0.05, 0.1) is 5.41 Å². The number of carboxylic acids is 2. The molecule has 3 N–H and O–H groups in total. The minimum atomic E-state index is -5.05. The molecule has 0 amide bonds. The van der Waals surface area contributed by atoms with Gasteiger partial charge in [0.1, 0.15) is 0 Å². The Kier molecular flexibility index (Phi) is 22.8. The van der Waals surface area contributed by atoms with Crippen LogP contribution in [-0.4, -0.2) is 99.5 Å². The van der Waals surface area contributed by atoms with Crippen molar-refractivity contribution in [1.82, 2.24) is 0 Å². The summed E-state index contributed by atoms with van der Waals surface area (Å²) in [6.07, 6.45) is 10.2. The van der Waals surface area contributed by atoms with Gasteiger partial charge in [0, 0.05) is 59.1 Å². The maximum absolute atomic E-state index is 12.1. The Balaban J connectivity index is -0.00000364. The molecule has 0 saturated carbocycles. The number of rotatable bonds is 18. The number of unbranched alkanes of at least 4 members (excludes halogenated alkanes) is 10. The van der Waals surface area contributed by atoms with E-state index in [0.717, 1.165) is 51.4 Å². The van der Waals surface area contributed by atoms with Gasteiger partial charge in [-0.3, -0.25) is 14.1 Å². The molecule has 1 unspecified atom stereocenters. The monoisotopic (exact) mass is 468 g/mol. The Morgan fingerprint density at radius 3 is 1.33 bits per heavy atom. The fourth-order valence-electron chi connectivity index (χ4n) is 3.80. The van der Waals surface area contributed by atoms with Gasteiger partial charge in [-0.05, 0) is 12.8 Å². The first-order chi connectivity index (χ1) is 13.1. The molecular weight excluding hydrogens is 430 g/mol. The Morgan fingerprint density at radius 2 is 1.07 bits per heavy atom. The number of carbonyl (C=O) groups is 2. The van der Waals surface area contributed by atoms with Gasteiger partial charge < -0.3 is 10.2 Å². The quantitative estimate of drug-likeness (QED) is 0.157. The maximum Gasteiger partial charge on any atom is 0.325 e. The summed E-state index contributed by atoms with van der Waals surface area (Å²) < 4.78 is 33.1. The summed E-state index contributed by atoms with van der Waals surface area (Å²) in [5, 5.41) is 16.9. The summed E-state index contributed by atoms with van der Waals surface area (Å²) in [5.41, 5.74) is -2.01. The van der Waals surface area contributed by atoms with Crippen molar-refractivity contribution in [2.75, 3.05) is 0 Å². The summed E-state index contributed by atoms with van der Waals surface area (Å²) in [7, 11) is -5.05. The number of carboxylic acid groups (broad SMARTS) is 2. The zero-order chi connectivity index (χ0) is 21.6. The van der Waals surface area contributed by atoms with Crippen molar-refractivity contribution in [3.63, 3.8) is 0 Å². The van der Waals surface area contributed by atoms with Gasteiger partial charge >= 0.3 is 11.9 Å². The minimum absolute atomic E-state index is 0. The van der Waals surface area contributed by atoms with Gasteiger partial charge in [-0.1, -0.05) is 90.9 Å². The molecule has 0 rings (SSSR count). The first kappa shape index (κ1) is 35.4. The molecule has 0 bridgehead atoms. The van der Waals surface area contributed by atoms with Gasteiger partial charge in [-0.15, -0.1) is 0 Å². The zero-order valence-corrected chi connectivity index (χ0v) is 24.2. The summed E-state index contributed by atoms with van der Waals surface area (Å²) in [4.78, 5) is 23.8. The van der Waals surface area contributed by atoms with Crippen molar-refractivity contribution in [3.05, 3.63) is 0 Å². The Labute approximate surface area is 226 Å². The Bertz CT molecular complexity index is 552. The third kappa shape index (κ3) is 13.4. The molecule has 30 heavy (non-hydrogen) atoms. The summed E-state index contributed by atoms with van der Waals surface area (Å²) in [6.45, 7) is 4.17.